The predicted octanol–water partition coefficient (Wildman–Crippen LogP) is 5.06. The first-order valence-electron chi connectivity index (χ1n) is 7.44. The minimum absolute atomic E-state index is 0.00216. The Morgan fingerprint density at radius 3 is 2.20 bits per heavy atom. The second kappa shape index (κ2) is 8.38. The second-order valence-electron chi connectivity index (χ2n) is 5.14. The van der Waals surface area contributed by atoms with Crippen LogP contribution in [0.5, 0.6) is 11.5 Å². The summed E-state index contributed by atoms with van der Waals surface area (Å²) in [5.41, 5.74) is -0.0259. The molecular formula is C18H17BrF3NO2. The zero-order chi connectivity index (χ0) is 18.4. The average molecular weight is 416 g/mol. The number of nitrogens with zero attached hydrogens (tertiary/aromatic N) is 1. The molecule has 0 saturated carbocycles. The van der Waals surface area contributed by atoms with Crippen LogP contribution in [0.2, 0.25) is 0 Å². The van der Waals surface area contributed by atoms with Crippen molar-refractivity contribution in [2.24, 2.45) is 4.99 Å². The maximum atomic E-state index is 13.3. The molecule has 7 heteroatoms. The molecule has 0 aromatic heterocycles. The van der Waals surface area contributed by atoms with Gasteiger partial charge in [-0.1, -0.05) is 46.3 Å². The van der Waals surface area contributed by atoms with Gasteiger partial charge < -0.3 is 9.47 Å². The van der Waals surface area contributed by atoms with E-state index in [9.17, 15) is 13.2 Å². The maximum Gasteiger partial charge on any atom is 0.433 e. The molecule has 0 atom stereocenters. The molecule has 0 radical (unpaired) electrons. The van der Waals surface area contributed by atoms with E-state index >= 15 is 0 Å². The second-order valence-corrected chi connectivity index (χ2v) is 6.00. The molecule has 2 aromatic carbocycles. The van der Waals surface area contributed by atoms with Crippen molar-refractivity contribution in [1.29, 1.82) is 0 Å². The lowest BCUT2D eigenvalue weighted by Gasteiger charge is -2.13. The van der Waals surface area contributed by atoms with Crippen LogP contribution in [-0.2, 0) is 6.42 Å². The number of hydrogen-bond acceptors (Lipinski definition) is 3. The van der Waals surface area contributed by atoms with E-state index in [-0.39, 0.29) is 12.1 Å². The normalized spacial score (nSPS) is 12.2. The zero-order valence-corrected chi connectivity index (χ0v) is 15.3. The van der Waals surface area contributed by atoms with Gasteiger partial charge in [0.05, 0.1) is 14.2 Å². The van der Waals surface area contributed by atoms with Gasteiger partial charge in [-0.25, -0.2) is 0 Å². The third-order valence-electron chi connectivity index (χ3n) is 3.52. The van der Waals surface area contributed by atoms with Crippen LogP contribution in [0.15, 0.2) is 51.9 Å². The van der Waals surface area contributed by atoms with Gasteiger partial charge in [0.15, 0.2) is 11.5 Å². The molecule has 0 aliphatic rings. The van der Waals surface area contributed by atoms with Crippen LogP contribution < -0.4 is 9.47 Å². The number of halogens is 4. The van der Waals surface area contributed by atoms with Gasteiger partial charge in [-0.2, -0.15) is 13.2 Å². The Hall–Kier alpha value is -2.02. The minimum atomic E-state index is -4.50. The summed E-state index contributed by atoms with van der Waals surface area (Å²) in [6.07, 6.45) is -4.18. The Morgan fingerprint density at radius 2 is 1.64 bits per heavy atom. The molecule has 134 valence electrons. The van der Waals surface area contributed by atoms with E-state index in [2.05, 4.69) is 20.9 Å². The van der Waals surface area contributed by atoms with Crippen LogP contribution in [0.4, 0.5) is 13.2 Å². The van der Waals surface area contributed by atoms with Crippen molar-refractivity contribution < 1.29 is 22.6 Å². The summed E-state index contributed by atoms with van der Waals surface area (Å²) in [5.74, 6) is 1.06. The van der Waals surface area contributed by atoms with Crippen LogP contribution in [0.3, 0.4) is 0 Å². The van der Waals surface area contributed by atoms with Gasteiger partial charge in [0.2, 0.25) is 0 Å². The number of ether oxygens (including phenoxy) is 2. The molecule has 2 aromatic rings. The van der Waals surface area contributed by atoms with Crippen molar-refractivity contribution in [3.8, 4) is 11.5 Å². The fourth-order valence-electron chi connectivity index (χ4n) is 2.32. The van der Waals surface area contributed by atoms with Gasteiger partial charge in [-0.05, 0) is 24.1 Å². The molecule has 0 amide bonds. The quantitative estimate of drug-likeness (QED) is 0.617. The van der Waals surface area contributed by atoms with Crippen molar-refractivity contribution in [3.05, 3.63) is 58.1 Å². The molecule has 0 bridgehead atoms. The molecule has 0 spiro atoms. The molecular weight excluding hydrogens is 399 g/mol. The largest absolute Gasteiger partial charge is 0.493 e. The fraction of sp³-hybridized carbons (Fsp3) is 0.278. The molecule has 0 N–H and O–H groups in total. The standard InChI is InChI=1S/C18H17BrF3NO2/c1-24-15-10-13(14(19)11-16(15)25-2)8-9-23-17(18(20,21)22)12-6-4-3-5-7-12/h3-7,10-11H,8-9H2,1-2H3. The van der Waals surface area contributed by atoms with E-state index in [0.717, 1.165) is 10.0 Å². The summed E-state index contributed by atoms with van der Waals surface area (Å²) in [6, 6.07) is 11.0. The Morgan fingerprint density at radius 1 is 1.04 bits per heavy atom. The Labute approximate surface area is 152 Å². The third-order valence-corrected chi connectivity index (χ3v) is 4.26. The molecule has 0 fully saturated rings. The summed E-state index contributed by atoms with van der Waals surface area (Å²) in [4.78, 5) is 3.80. The number of rotatable bonds is 6. The van der Waals surface area contributed by atoms with E-state index in [1.54, 1.807) is 30.3 Å². The Bertz CT molecular complexity index is 746. The molecule has 25 heavy (non-hydrogen) atoms. The van der Waals surface area contributed by atoms with Crippen LogP contribution >= 0.6 is 15.9 Å². The number of benzene rings is 2. The van der Waals surface area contributed by atoms with Crippen LogP contribution in [0.1, 0.15) is 11.1 Å². The summed E-state index contributed by atoms with van der Waals surface area (Å²) in [5, 5.41) is 0. The SMILES string of the molecule is COc1cc(Br)c(CCN=C(c2ccccc2)C(F)(F)F)cc1OC. The number of aliphatic imine (C=N–C) groups is 1. The topological polar surface area (TPSA) is 30.8 Å². The van der Waals surface area contributed by atoms with E-state index in [0.29, 0.717) is 17.9 Å². The highest BCUT2D eigenvalue weighted by Gasteiger charge is 2.36. The van der Waals surface area contributed by atoms with Gasteiger partial charge >= 0.3 is 6.18 Å². The first-order chi connectivity index (χ1) is 11.9. The molecule has 0 aliphatic heterocycles. The van der Waals surface area contributed by atoms with Crippen molar-refractivity contribution in [2.75, 3.05) is 20.8 Å². The van der Waals surface area contributed by atoms with E-state index in [1.165, 1.54) is 26.4 Å². The highest BCUT2D eigenvalue weighted by Crippen LogP contribution is 2.33. The number of hydrogen-bond donors (Lipinski definition) is 0. The van der Waals surface area contributed by atoms with Crippen LogP contribution in [-0.4, -0.2) is 32.7 Å². The first-order valence-corrected chi connectivity index (χ1v) is 8.23. The van der Waals surface area contributed by atoms with E-state index in [4.69, 9.17) is 9.47 Å². The molecule has 2 rings (SSSR count). The molecule has 0 aliphatic carbocycles. The van der Waals surface area contributed by atoms with Gasteiger partial charge in [-0.15, -0.1) is 0 Å². The Balaban J connectivity index is 2.23. The smallest absolute Gasteiger partial charge is 0.433 e. The number of alkyl halides is 3. The summed E-state index contributed by atoms with van der Waals surface area (Å²) in [6.45, 7) is -0.00216. The maximum absolute atomic E-state index is 13.3. The molecule has 0 saturated heterocycles. The van der Waals surface area contributed by atoms with Gasteiger partial charge in [-0.3, -0.25) is 4.99 Å². The van der Waals surface area contributed by atoms with Gasteiger partial charge in [0.1, 0.15) is 5.71 Å². The lowest BCUT2D eigenvalue weighted by molar-refractivity contribution is -0.0582. The monoisotopic (exact) mass is 415 g/mol. The summed E-state index contributed by atoms with van der Waals surface area (Å²) >= 11 is 3.40. The average Bonchev–Trinajstić information content (AvgIpc) is 2.59. The Kier molecular flexibility index (Phi) is 6.47. The highest BCUT2D eigenvalue weighted by molar-refractivity contribution is 9.10. The van der Waals surface area contributed by atoms with Crippen molar-refractivity contribution in [2.45, 2.75) is 12.6 Å². The predicted molar refractivity (Wildman–Crippen MR) is 94.9 cm³/mol. The molecule has 3 nitrogen and oxygen atoms in total. The third kappa shape index (κ3) is 4.98. The van der Waals surface area contributed by atoms with Crippen molar-refractivity contribution in [1.82, 2.24) is 0 Å². The molecule has 0 heterocycles. The minimum Gasteiger partial charge on any atom is -0.493 e. The summed E-state index contributed by atoms with van der Waals surface area (Å²) < 4.78 is 50.9. The van der Waals surface area contributed by atoms with Gasteiger partial charge in [0, 0.05) is 16.6 Å². The van der Waals surface area contributed by atoms with E-state index < -0.39 is 11.9 Å². The fourth-order valence-corrected chi connectivity index (χ4v) is 2.84. The highest BCUT2D eigenvalue weighted by atomic mass is 79.9. The lowest BCUT2D eigenvalue weighted by Crippen LogP contribution is -2.24. The zero-order valence-electron chi connectivity index (χ0n) is 13.7. The van der Waals surface area contributed by atoms with E-state index in [1.807, 2.05) is 0 Å². The lowest BCUT2D eigenvalue weighted by atomic mass is 10.1. The number of methoxy groups -OCH3 is 2. The van der Waals surface area contributed by atoms with Crippen LogP contribution in [0.25, 0.3) is 0 Å². The van der Waals surface area contributed by atoms with Crippen molar-refractivity contribution >= 4 is 21.6 Å². The van der Waals surface area contributed by atoms with Crippen LogP contribution in [0, 0.1) is 0 Å². The van der Waals surface area contributed by atoms with Gasteiger partial charge in [0.25, 0.3) is 0 Å². The first kappa shape index (κ1) is 19.3. The van der Waals surface area contributed by atoms with Crippen molar-refractivity contribution in [3.63, 3.8) is 0 Å². The summed E-state index contributed by atoms with van der Waals surface area (Å²) in [7, 11) is 3.02. The molecule has 0 unspecified atom stereocenters.